The van der Waals surface area contributed by atoms with Gasteiger partial charge in [0.05, 0.1) is 67.3 Å². The molecule has 0 N–H and O–H groups in total. The van der Waals surface area contributed by atoms with Crippen LogP contribution in [0, 0.1) is 0 Å². The van der Waals surface area contributed by atoms with Crippen molar-refractivity contribution in [1.82, 2.24) is 43.6 Å². The molecule has 134 heavy (non-hydrogen) atoms. The number of furan rings is 2. The Bertz CT molecular complexity index is 8850. The summed E-state index contributed by atoms with van der Waals surface area (Å²) in [7, 11) is 0. The Balaban J connectivity index is 0.000000108. The summed E-state index contributed by atoms with van der Waals surface area (Å²) in [5.74, 6) is 2.11. The first-order chi connectivity index (χ1) is 66.2. The van der Waals surface area contributed by atoms with Crippen molar-refractivity contribution in [3.05, 3.63) is 466 Å². The van der Waals surface area contributed by atoms with E-state index in [0.717, 1.165) is 167 Å². The molecule has 1 aliphatic carbocycles. The van der Waals surface area contributed by atoms with Gasteiger partial charge in [0.2, 0.25) is 0 Å². The highest BCUT2D eigenvalue weighted by Gasteiger charge is 2.36. The molecule has 8 aromatic heterocycles. The van der Waals surface area contributed by atoms with Crippen LogP contribution < -0.4 is 0 Å². The van der Waals surface area contributed by atoms with Crippen LogP contribution in [0.3, 0.4) is 0 Å². The van der Waals surface area contributed by atoms with E-state index in [9.17, 15) is 0 Å². The van der Waals surface area contributed by atoms with Gasteiger partial charge in [-0.05, 0) is 174 Å². The molecule has 0 amide bonds. The molecule has 26 aromatic rings. The average molecular weight is 1720 g/mol. The molecule has 0 aliphatic heterocycles. The van der Waals surface area contributed by atoms with E-state index >= 15 is 0 Å². The van der Waals surface area contributed by atoms with Gasteiger partial charge in [-0.3, -0.25) is 0 Å². The van der Waals surface area contributed by atoms with Gasteiger partial charge in [-0.1, -0.05) is 311 Å². The van der Waals surface area contributed by atoms with Crippen molar-refractivity contribution < 1.29 is 8.83 Å². The lowest BCUT2D eigenvalue weighted by atomic mass is 9.82. The maximum Gasteiger partial charge on any atom is 0.160 e. The number of nitrogens with zero attached hydrogens (tertiary/aromatic N) is 9. The SMILES string of the molecule is CC1(C)c2ccccc2-c2cc3c4ccccc4n(-c4ccc(-c5nc(-c6ccccc6)cc(-c6ccccc6)n5)cc4)c3cc21.c1ccc(-c2cc(-c3ccccc3)nc(-c3ccc(-n4c5ccccc5c5cc6c(cc54)oc4ccccc46)cc3)n2)cc1.c1ccc(-c2cc(-c3ccccc3)nc(-c3ccc(-n4c5ccccc5c5cc6oc7ccccc7c6cc54)cc3)n2)cc1. The molecule has 1 aliphatic rings. The minimum Gasteiger partial charge on any atom is -0.456 e. The van der Waals surface area contributed by atoms with Gasteiger partial charge >= 0.3 is 0 Å². The molecule has 11 heteroatoms. The van der Waals surface area contributed by atoms with Crippen LogP contribution in [0.1, 0.15) is 25.0 Å². The maximum absolute atomic E-state index is 6.29. The van der Waals surface area contributed by atoms with Gasteiger partial charge in [-0.15, -0.1) is 0 Å². The second-order valence-corrected chi connectivity index (χ2v) is 34.8. The third-order valence-corrected chi connectivity index (χ3v) is 26.5. The van der Waals surface area contributed by atoms with Crippen LogP contribution >= 0.6 is 0 Å². The van der Waals surface area contributed by atoms with Crippen LogP contribution in [0.25, 0.3) is 239 Å². The zero-order valence-electron chi connectivity index (χ0n) is 73.1. The molecule has 8 heterocycles. The minimum atomic E-state index is -0.0666. The Morgan fingerprint density at radius 1 is 0.179 bits per heavy atom. The highest BCUT2D eigenvalue weighted by atomic mass is 16.3. The molecule has 0 radical (unpaired) electrons. The van der Waals surface area contributed by atoms with Gasteiger partial charge in [0.1, 0.15) is 22.3 Å². The quantitative estimate of drug-likeness (QED) is 0.119. The van der Waals surface area contributed by atoms with Crippen molar-refractivity contribution >= 4 is 109 Å². The fraction of sp³-hybridized carbons (Fsp3) is 0.0244. The number of benzene rings is 18. The Kier molecular flexibility index (Phi) is 19.0. The highest BCUT2D eigenvalue weighted by Crippen LogP contribution is 2.52. The lowest BCUT2D eigenvalue weighted by Crippen LogP contribution is -2.14. The smallest absolute Gasteiger partial charge is 0.160 e. The number of hydrogen-bond acceptors (Lipinski definition) is 8. The van der Waals surface area contributed by atoms with E-state index in [1.165, 1.54) is 65.6 Å². The van der Waals surface area contributed by atoms with E-state index < -0.39 is 0 Å². The standard InChI is InChI=1S/C43H31N3.2C40H25N3O/c1-43(2)36-19-11-9-17-32(36)34-25-35-33-18-10-12-20-40(33)46(41(35)26-37(34)43)31-23-21-30(22-24-31)42-44-38(28-13-5-3-6-14-28)27-39(45-42)29-15-7-4-8-16-29;1-3-11-26(12-4-1)34-25-35(27-13-5-2-6-14-27)42-40(41-34)28-19-21-29(22-20-28)43-36-17-9-7-15-30(36)32-24-39-33(23-37(32)43)31-16-8-10-18-38(31)44-39;1-3-11-26(12-4-1)34-24-35(27-13-5-2-6-14-27)42-40(41-34)28-19-21-29(22-20-28)43-36-17-9-7-15-30(36)32-23-33-31-16-8-10-18-38(31)44-39(33)25-37(32)43/h3-27H,1-2H3;2*1-25H. The minimum absolute atomic E-state index is 0.0666. The van der Waals surface area contributed by atoms with Crippen LogP contribution in [0.15, 0.2) is 464 Å². The summed E-state index contributed by atoms with van der Waals surface area (Å²) in [6.45, 7) is 4.69. The summed E-state index contributed by atoms with van der Waals surface area (Å²) >= 11 is 0. The third-order valence-electron chi connectivity index (χ3n) is 26.5. The molecule has 0 bridgehead atoms. The van der Waals surface area contributed by atoms with Crippen molar-refractivity contribution in [3.63, 3.8) is 0 Å². The molecular formula is C123H81N9O2. The number of rotatable bonds is 12. The number of fused-ring (bicyclic) bond motifs is 18. The third kappa shape index (κ3) is 13.8. The zero-order chi connectivity index (χ0) is 88.9. The summed E-state index contributed by atoms with van der Waals surface area (Å²) in [4.78, 5) is 30.2. The van der Waals surface area contributed by atoms with Crippen molar-refractivity contribution in [2.45, 2.75) is 19.3 Å². The Morgan fingerprint density at radius 2 is 0.463 bits per heavy atom. The molecule has 18 aromatic carbocycles. The van der Waals surface area contributed by atoms with Crippen LogP contribution in [0.2, 0.25) is 0 Å². The first kappa shape index (κ1) is 78.5. The monoisotopic (exact) mass is 1720 g/mol. The molecule has 0 saturated carbocycles. The topological polar surface area (TPSA) is 118 Å². The molecule has 0 fully saturated rings. The van der Waals surface area contributed by atoms with E-state index in [1.54, 1.807) is 0 Å². The number of hydrogen-bond donors (Lipinski definition) is 0. The fourth-order valence-corrected chi connectivity index (χ4v) is 19.9. The van der Waals surface area contributed by atoms with E-state index in [-0.39, 0.29) is 5.41 Å². The summed E-state index contributed by atoms with van der Waals surface area (Å²) < 4.78 is 19.6. The van der Waals surface area contributed by atoms with Crippen LogP contribution in [0.5, 0.6) is 0 Å². The molecule has 0 spiro atoms. The van der Waals surface area contributed by atoms with E-state index in [1.807, 2.05) is 109 Å². The van der Waals surface area contributed by atoms with Gasteiger partial charge in [0.15, 0.2) is 17.5 Å². The van der Waals surface area contributed by atoms with Crippen LogP contribution in [-0.2, 0) is 5.41 Å². The van der Waals surface area contributed by atoms with Crippen molar-refractivity contribution in [1.29, 1.82) is 0 Å². The van der Waals surface area contributed by atoms with Gasteiger partial charge in [0.25, 0.3) is 0 Å². The fourth-order valence-electron chi connectivity index (χ4n) is 19.9. The van der Waals surface area contributed by atoms with Crippen molar-refractivity contribution in [2.24, 2.45) is 0 Å². The first-order valence-corrected chi connectivity index (χ1v) is 45.4. The second-order valence-electron chi connectivity index (χ2n) is 34.8. The summed E-state index contributed by atoms with van der Waals surface area (Å²) in [5.41, 5.74) is 34.0. The average Bonchev–Trinajstić information content (AvgIpc) is 1.55. The van der Waals surface area contributed by atoms with E-state index in [2.05, 4.69) is 373 Å². The lowest BCUT2D eigenvalue weighted by molar-refractivity contribution is 0.661. The molecular weight excluding hydrogens is 1640 g/mol. The van der Waals surface area contributed by atoms with Gasteiger partial charge < -0.3 is 22.5 Å². The predicted molar refractivity (Wildman–Crippen MR) is 550 cm³/mol. The maximum atomic E-state index is 6.29. The Hall–Kier alpha value is -17.8. The van der Waals surface area contributed by atoms with Crippen LogP contribution in [-0.4, -0.2) is 43.6 Å². The zero-order valence-corrected chi connectivity index (χ0v) is 73.1. The summed E-state index contributed by atoms with van der Waals surface area (Å²) in [6.07, 6.45) is 0. The Morgan fingerprint density at radius 3 is 0.836 bits per heavy atom. The van der Waals surface area contributed by atoms with Crippen LogP contribution in [0.4, 0.5) is 0 Å². The normalized spacial score (nSPS) is 12.2. The second kappa shape index (κ2) is 32.4. The highest BCUT2D eigenvalue weighted by molar-refractivity contribution is 6.19. The van der Waals surface area contributed by atoms with E-state index in [0.29, 0.717) is 17.5 Å². The number of aromatic nitrogens is 9. The first-order valence-electron chi connectivity index (χ1n) is 45.4. The molecule has 11 nitrogen and oxygen atoms in total. The summed E-state index contributed by atoms with van der Waals surface area (Å²) in [6, 6.07) is 159. The van der Waals surface area contributed by atoms with Gasteiger partial charge in [0, 0.05) is 132 Å². The van der Waals surface area contributed by atoms with Crippen molar-refractivity contribution in [2.75, 3.05) is 0 Å². The predicted octanol–water partition coefficient (Wildman–Crippen LogP) is 31.8. The van der Waals surface area contributed by atoms with Crippen molar-refractivity contribution in [3.8, 4) is 130 Å². The number of para-hydroxylation sites is 5. The molecule has 0 unspecified atom stereocenters. The molecule has 0 atom stereocenters. The lowest BCUT2D eigenvalue weighted by Gasteiger charge is -2.21. The van der Waals surface area contributed by atoms with Gasteiger partial charge in [-0.25, -0.2) is 29.9 Å². The molecule has 630 valence electrons. The Labute approximate surface area is 771 Å². The summed E-state index contributed by atoms with van der Waals surface area (Å²) in [5, 5.41) is 11.8. The molecule has 0 saturated heterocycles. The largest absolute Gasteiger partial charge is 0.456 e. The van der Waals surface area contributed by atoms with Gasteiger partial charge in [-0.2, -0.15) is 0 Å². The molecule has 27 rings (SSSR count). The van der Waals surface area contributed by atoms with E-state index in [4.69, 9.17) is 38.7 Å².